The van der Waals surface area contributed by atoms with Gasteiger partial charge in [0, 0.05) is 18.8 Å². The summed E-state index contributed by atoms with van der Waals surface area (Å²) in [7, 11) is -3.38. The first kappa shape index (κ1) is 36.0. The molecular formula is C31H46N4O6S. The van der Waals surface area contributed by atoms with E-state index in [9.17, 15) is 18.0 Å². The lowest BCUT2D eigenvalue weighted by Gasteiger charge is -2.20. The third-order valence-electron chi connectivity index (χ3n) is 5.30. The first-order valence-corrected chi connectivity index (χ1v) is 15.2. The topological polar surface area (TPSA) is 149 Å². The predicted octanol–water partition coefficient (Wildman–Crippen LogP) is 6.28. The summed E-state index contributed by atoms with van der Waals surface area (Å²) in [5, 5.41) is 5.38. The summed E-state index contributed by atoms with van der Waals surface area (Å²) in [6.45, 7) is 22.7. The van der Waals surface area contributed by atoms with E-state index >= 15 is 0 Å². The van der Waals surface area contributed by atoms with E-state index in [4.69, 9.17) is 15.2 Å². The van der Waals surface area contributed by atoms with Gasteiger partial charge in [0.15, 0.2) is 0 Å². The molecule has 0 saturated carbocycles. The smallest absolute Gasteiger partial charge is 0.407 e. The fraction of sp³-hybridized carbons (Fsp3) is 0.419. The molecule has 0 atom stereocenters. The van der Waals surface area contributed by atoms with Crippen LogP contribution in [0, 0.1) is 13.8 Å². The zero-order valence-electron chi connectivity index (χ0n) is 26.2. The summed E-state index contributed by atoms with van der Waals surface area (Å²) in [5.74, 6) is 0. The van der Waals surface area contributed by atoms with E-state index in [0.29, 0.717) is 17.8 Å². The molecule has 0 aliphatic rings. The van der Waals surface area contributed by atoms with Crippen LogP contribution in [0.3, 0.4) is 0 Å². The Hall–Kier alpha value is -3.99. The first-order chi connectivity index (χ1) is 19.1. The molecule has 0 saturated heterocycles. The average molecular weight is 603 g/mol. The Kier molecular flexibility index (Phi) is 12.7. The molecule has 2 aromatic rings. The summed E-state index contributed by atoms with van der Waals surface area (Å²) in [5.41, 5.74) is 11.1. The van der Waals surface area contributed by atoms with Crippen LogP contribution in [0.4, 0.5) is 21.0 Å². The third-order valence-corrected chi connectivity index (χ3v) is 5.88. The van der Waals surface area contributed by atoms with E-state index in [1.165, 1.54) is 0 Å². The molecule has 2 aromatic carbocycles. The number of anilines is 2. The molecular weight excluding hydrogens is 556 g/mol. The number of sulfonamides is 1. The Bertz CT molecular complexity index is 1400. The minimum absolute atomic E-state index is 0.274. The maximum absolute atomic E-state index is 11.7. The number of nitrogens with one attached hydrogen (secondary N) is 3. The third kappa shape index (κ3) is 13.6. The van der Waals surface area contributed by atoms with E-state index in [-0.39, 0.29) is 6.54 Å². The van der Waals surface area contributed by atoms with Gasteiger partial charge in [-0.2, -0.15) is 0 Å². The number of nitrogens with two attached hydrogens (primary N) is 1. The van der Waals surface area contributed by atoms with Gasteiger partial charge in [-0.15, -0.1) is 0 Å². The molecule has 0 aliphatic heterocycles. The van der Waals surface area contributed by atoms with Gasteiger partial charge >= 0.3 is 12.2 Å². The van der Waals surface area contributed by atoms with E-state index in [0.717, 1.165) is 39.8 Å². The average Bonchev–Trinajstić information content (AvgIpc) is 2.82. The second-order valence-electron chi connectivity index (χ2n) is 11.8. The van der Waals surface area contributed by atoms with Crippen molar-refractivity contribution in [3.63, 3.8) is 0 Å². The molecule has 0 radical (unpaired) electrons. The van der Waals surface area contributed by atoms with Crippen molar-refractivity contribution in [2.45, 2.75) is 79.7 Å². The molecule has 2 amide bonds. The van der Waals surface area contributed by atoms with Crippen molar-refractivity contribution in [1.82, 2.24) is 10.6 Å². The van der Waals surface area contributed by atoms with E-state index in [1.54, 1.807) is 52.0 Å². The molecule has 0 heterocycles. The van der Waals surface area contributed by atoms with E-state index in [2.05, 4.69) is 28.5 Å². The summed E-state index contributed by atoms with van der Waals surface area (Å²) >= 11 is 0. The molecule has 0 spiro atoms. The van der Waals surface area contributed by atoms with Crippen molar-refractivity contribution < 1.29 is 27.5 Å². The van der Waals surface area contributed by atoms with E-state index < -0.39 is 33.4 Å². The number of hydrogen-bond acceptors (Lipinski definition) is 7. The van der Waals surface area contributed by atoms with Gasteiger partial charge in [-0.05, 0) is 101 Å². The van der Waals surface area contributed by atoms with Crippen molar-refractivity contribution in [1.29, 1.82) is 0 Å². The highest BCUT2D eigenvalue weighted by Crippen LogP contribution is 2.25. The van der Waals surface area contributed by atoms with Gasteiger partial charge in [0.2, 0.25) is 10.0 Å². The largest absolute Gasteiger partial charge is 0.444 e. The van der Waals surface area contributed by atoms with Gasteiger partial charge in [0.1, 0.15) is 11.2 Å². The molecule has 232 valence electrons. The lowest BCUT2D eigenvalue weighted by molar-refractivity contribution is 0.0512. The highest BCUT2D eigenvalue weighted by molar-refractivity contribution is 7.92. The summed E-state index contributed by atoms with van der Waals surface area (Å²) in [6, 6.07) is 7.43. The highest BCUT2D eigenvalue weighted by atomic mass is 32.2. The Labute approximate surface area is 250 Å². The maximum Gasteiger partial charge on any atom is 0.407 e. The Morgan fingerprint density at radius 2 is 1.21 bits per heavy atom. The molecule has 2 rings (SSSR count). The minimum Gasteiger partial charge on any atom is -0.444 e. The van der Waals surface area contributed by atoms with Gasteiger partial charge in [0.05, 0.1) is 11.9 Å². The number of carbonyl (C=O) groups is 2. The standard InChI is InChI=1S/C16H24N2O4S.C15H22N2O2/c1-7-13-9-12(10-17-15(19)22-16(3,4)5)8-11(2)14(13)18-23(6,20)21;1-6-12-8-11(7-10(2)13(12)16)9-17-14(18)19-15(3,4)5/h7-9,18H,1,10H2,2-6H3,(H,17,19);6-8H,1,9,16H2,2-5H3,(H,17,18). The van der Waals surface area contributed by atoms with E-state index in [1.807, 2.05) is 39.8 Å². The lowest BCUT2D eigenvalue weighted by Crippen LogP contribution is -2.32. The molecule has 5 N–H and O–H groups in total. The minimum atomic E-state index is -3.38. The molecule has 0 aliphatic carbocycles. The van der Waals surface area contributed by atoms with Crippen molar-refractivity contribution in [3.8, 4) is 0 Å². The zero-order chi connectivity index (χ0) is 32.5. The monoisotopic (exact) mass is 602 g/mol. The fourth-order valence-corrected chi connectivity index (χ4v) is 4.28. The van der Waals surface area contributed by atoms with Crippen molar-refractivity contribution in [3.05, 3.63) is 70.8 Å². The van der Waals surface area contributed by atoms with Crippen LogP contribution in [0.1, 0.15) is 74.9 Å². The molecule has 0 bridgehead atoms. The van der Waals surface area contributed by atoms with Gasteiger partial charge in [-0.25, -0.2) is 18.0 Å². The van der Waals surface area contributed by atoms with Crippen LogP contribution in [-0.4, -0.2) is 38.1 Å². The van der Waals surface area contributed by atoms with Crippen molar-refractivity contribution in [2.75, 3.05) is 16.7 Å². The first-order valence-electron chi connectivity index (χ1n) is 13.3. The molecule has 0 aromatic heterocycles. The van der Waals surface area contributed by atoms with Crippen molar-refractivity contribution >= 4 is 45.7 Å². The molecule has 11 heteroatoms. The van der Waals surface area contributed by atoms with Gasteiger partial charge in [0.25, 0.3) is 0 Å². The summed E-state index contributed by atoms with van der Waals surface area (Å²) in [6.07, 6.45) is 3.43. The summed E-state index contributed by atoms with van der Waals surface area (Å²) in [4.78, 5) is 23.2. The Morgan fingerprint density at radius 3 is 1.60 bits per heavy atom. The van der Waals surface area contributed by atoms with Crippen LogP contribution in [0.15, 0.2) is 37.4 Å². The number of alkyl carbamates (subject to hydrolysis) is 2. The zero-order valence-corrected chi connectivity index (χ0v) is 27.0. The fourth-order valence-electron chi connectivity index (χ4n) is 3.63. The summed E-state index contributed by atoms with van der Waals surface area (Å²) < 4.78 is 35.7. The van der Waals surface area contributed by atoms with Crippen LogP contribution in [0.2, 0.25) is 0 Å². The number of aryl methyl sites for hydroxylation is 2. The van der Waals surface area contributed by atoms with Crippen molar-refractivity contribution in [2.24, 2.45) is 0 Å². The number of rotatable bonds is 8. The number of carbonyl (C=O) groups excluding carboxylic acids is 2. The number of nitrogen functional groups attached to an aromatic ring is 1. The second-order valence-corrected chi connectivity index (χ2v) is 13.5. The maximum atomic E-state index is 11.7. The lowest BCUT2D eigenvalue weighted by atomic mass is 10.0. The quantitative estimate of drug-likeness (QED) is 0.260. The number of ether oxygens (including phenoxy) is 2. The number of hydrogen-bond donors (Lipinski definition) is 4. The number of amides is 2. The molecule has 0 fully saturated rings. The van der Waals surface area contributed by atoms with Crippen LogP contribution in [0.5, 0.6) is 0 Å². The van der Waals surface area contributed by atoms with Crippen LogP contribution < -0.4 is 21.1 Å². The molecule has 42 heavy (non-hydrogen) atoms. The van der Waals surface area contributed by atoms with Crippen LogP contribution in [-0.2, 0) is 32.6 Å². The SMILES string of the molecule is C=Cc1cc(CNC(=O)OC(C)(C)C)cc(C)c1N.C=Cc1cc(CNC(=O)OC(C)(C)C)cc(C)c1NS(C)(=O)=O. The normalized spacial score (nSPS) is 11.4. The second kappa shape index (κ2) is 14.8. The predicted molar refractivity (Wildman–Crippen MR) is 172 cm³/mol. The number of benzene rings is 2. The van der Waals surface area contributed by atoms with Crippen LogP contribution in [0.25, 0.3) is 12.2 Å². The Morgan fingerprint density at radius 1 is 0.810 bits per heavy atom. The van der Waals surface area contributed by atoms with Gasteiger partial charge in [-0.3, -0.25) is 4.72 Å². The van der Waals surface area contributed by atoms with Gasteiger partial charge < -0.3 is 25.8 Å². The van der Waals surface area contributed by atoms with Gasteiger partial charge in [-0.1, -0.05) is 37.4 Å². The molecule has 0 unspecified atom stereocenters. The highest BCUT2D eigenvalue weighted by Gasteiger charge is 2.17. The Balaban J connectivity index is 0.000000428. The molecule has 10 nitrogen and oxygen atoms in total. The van der Waals surface area contributed by atoms with Crippen LogP contribution >= 0.6 is 0 Å².